The lowest BCUT2D eigenvalue weighted by Crippen LogP contribution is -2.54. The molecule has 0 bridgehead atoms. The summed E-state index contributed by atoms with van der Waals surface area (Å²) in [4.78, 5) is 16.6. The maximum Gasteiger partial charge on any atom is 0.239 e. The van der Waals surface area contributed by atoms with Crippen LogP contribution in [0.2, 0.25) is 0 Å². The van der Waals surface area contributed by atoms with E-state index in [0.717, 1.165) is 25.2 Å². The smallest absolute Gasteiger partial charge is 0.239 e. The molecule has 4 nitrogen and oxygen atoms in total. The van der Waals surface area contributed by atoms with E-state index < -0.39 is 0 Å². The highest BCUT2D eigenvalue weighted by atomic mass is 16.5. The number of likely N-dealkylation sites (N-methyl/N-ethyl adjacent to an activating group) is 1. The Morgan fingerprint density at radius 2 is 1.95 bits per heavy atom. The van der Waals surface area contributed by atoms with Crippen LogP contribution in [0.1, 0.15) is 34.6 Å². The number of amides is 1. The summed E-state index contributed by atoms with van der Waals surface area (Å²) in [6.45, 7) is 17.0. The summed E-state index contributed by atoms with van der Waals surface area (Å²) in [5, 5.41) is 0. The summed E-state index contributed by atoms with van der Waals surface area (Å²) >= 11 is 0. The van der Waals surface area contributed by atoms with Crippen molar-refractivity contribution in [1.29, 1.82) is 0 Å². The monoisotopic (exact) mass is 268 g/mol. The van der Waals surface area contributed by atoms with Crippen LogP contribution in [-0.4, -0.2) is 60.1 Å². The van der Waals surface area contributed by atoms with Crippen molar-refractivity contribution in [1.82, 2.24) is 9.80 Å². The highest BCUT2D eigenvalue weighted by molar-refractivity contribution is 5.81. The Bertz CT molecular complexity index is 320. The Labute approximate surface area is 117 Å². The summed E-state index contributed by atoms with van der Waals surface area (Å²) in [6.07, 6.45) is 0.380. The van der Waals surface area contributed by atoms with Gasteiger partial charge in [0.25, 0.3) is 0 Å². The van der Waals surface area contributed by atoms with Crippen molar-refractivity contribution in [3.8, 4) is 0 Å². The van der Waals surface area contributed by atoms with Crippen molar-refractivity contribution in [3.63, 3.8) is 0 Å². The van der Waals surface area contributed by atoms with Gasteiger partial charge in [-0.2, -0.15) is 0 Å². The van der Waals surface area contributed by atoms with Crippen LogP contribution in [0.5, 0.6) is 0 Å². The number of hydrogen-bond acceptors (Lipinski definition) is 3. The van der Waals surface area contributed by atoms with Gasteiger partial charge in [0, 0.05) is 26.2 Å². The fraction of sp³-hybridized carbons (Fsp3) is 0.800. The summed E-state index contributed by atoms with van der Waals surface area (Å²) in [5.41, 5.74) is 1.02. The van der Waals surface area contributed by atoms with E-state index in [4.69, 9.17) is 4.74 Å². The zero-order chi connectivity index (χ0) is 14.6. The lowest BCUT2D eigenvalue weighted by molar-refractivity contribution is -0.141. The molecular weight excluding hydrogens is 240 g/mol. The summed E-state index contributed by atoms with van der Waals surface area (Å²) in [7, 11) is 0. The van der Waals surface area contributed by atoms with Crippen molar-refractivity contribution in [3.05, 3.63) is 12.2 Å². The molecule has 0 aromatic rings. The first-order chi connectivity index (χ1) is 8.85. The maximum atomic E-state index is 12.5. The fourth-order valence-electron chi connectivity index (χ4n) is 2.63. The first kappa shape index (κ1) is 16.2. The van der Waals surface area contributed by atoms with Gasteiger partial charge >= 0.3 is 0 Å². The second-order valence-electron chi connectivity index (χ2n) is 5.70. The summed E-state index contributed by atoms with van der Waals surface area (Å²) in [6, 6.07) is -0.0897. The average molecular weight is 268 g/mol. The molecule has 0 radical (unpaired) electrons. The zero-order valence-electron chi connectivity index (χ0n) is 13.0. The lowest BCUT2D eigenvalue weighted by Gasteiger charge is -2.39. The molecule has 0 N–H and O–H groups in total. The molecule has 1 rings (SSSR count). The minimum Gasteiger partial charge on any atom is -0.373 e. The van der Waals surface area contributed by atoms with Gasteiger partial charge in [0.15, 0.2) is 0 Å². The van der Waals surface area contributed by atoms with Crippen LogP contribution >= 0.6 is 0 Å². The molecule has 1 fully saturated rings. The van der Waals surface area contributed by atoms with E-state index in [1.807, 2.05) is 25.7 Å². The van der Waals surface area contributed by atoms with Crippen molar-refractivity contribution < 1.29 is 9.53 Å². The second-order valence-corrected chi connectivity index (χ2v) is 5.70. The van der Waals surface area contributed by atoms with E-state index in [0.29, 0.717) is 6.54 Å². The molecule has 1 aliphatic heterocycles. The van der Waals surface area contributed by atoms with Crippen LogP contribution in [0.25, 0.3) is 0 Å². The SMILES string of the molecule is C=C(C)CN(CC)C(=O)C(C)N1CC(C)OC(C)C1. The fourth-order valence-corrected chi connectivity index (χ4v) is 2.63. The molecule has 0 aromatic carbocycles. The molecule has 3 atom stereocenters. The van der Waals surface area contributed by atoms with Gasteiger partial charge in [0.2, 0.25) is 5.91 Å². The van der Waals surface area contributed by atoms with Gasteiger partial charge < -0.3 is 9.64 Å². The third-order valence-corrected chi connectivity index (χ3v) is 3.51. The quantitative estimate of drug-likeness (QED) is 0.714. The Hall–Kier alpha value is -0.870. The van der Waals surface area contributed by atoms with Crippen LogP contribution in [0.3, 0.4) is 0 Å². The van der Waals surface area contributed by atoms with Gasteiger partial charge in [0.05, 0.1) is 18.2 Å². The average Bonchev–Trinajstić information content (AvgIpc) is 2.32. The number of carbonyl (C=O) groups is 1. The highest BCUT2D eigenvalue weighted by Crippen LogP contribution is 2.15. The van der Waals surface area contributed by atoms with Gasteiger partial charge in [-0.1, -0.05) is 12.2 Å². The van der Waals surface area contributed by atoms with E-state index in [2.05, 4.69) is 25.3 Å². The van der Waals surface area contributed by atoms with Gasteiger partial charge in [-0.25, -0.2) is 0 Å². The van der Waals surface area contributed by atoms with Crippen LogP contribution in [0.15, 0.2) is 12.2 Å². The second kappa shape index (κ2) is 7.06. The normalized spacial score (nSPS) is 25.9. The van der Waals surface area contributed by atoms with Crippen molar-refractivity contribution in [2.24, 2.45) is 0 Å². The maximum absolute atomic E-state index is 12.5. The molecule has 0 aromatic heterocycles. The molecule has 0 aliphatic carbocycles. The molecule has 0 spiro atoms. The predicted octanol–water partition coefficient (Wildman–Crippen LogP) is 1.91. The van der Waals surface area contributed by atoms with Crippen molar-refractivity contribution >= 4 is 5.91 Å². The van der Waals surface area contributed by atoms with Gasteiger partial charge in [-0.05, 0) is 34.6 Å². The summed E-state index contributed by atoms with van der Waals surface area (Å²) in [5.74, 6) is 0.187. The first-order valence-corrected chi connectivity index (χ1v) is 7.17. The third-order valence-electron chi connectivity index (χ3n) is 3.51. The Morgan fingerprint density at radius 3 is 2.37 bits per heavy atom. The Balaban J connectivity index is 2.66. The molecular formula is C15H28N2O2. The van der Waals surface area contributed by atoms with E-state index in [-0.39, 0.29) is 24.2 Å². The first-order valence-electron chi connectivity index (χ1n) is 7.17. The van der Waals surface area contributed by atoms with Crippen LogP contribution in [0.4, 0.5) is 0 Å². The van der Waals surface area contributed by atoms with Crippen LogP contribution in [-0.2, 0) is 9.53 Å². The lowest BCUT2D eigenvalue weighted by atomic mass is 10.1. The Kier molecular flexibility index (Phi) is 6.01. The molecule has 1 saturated heterocycles. The van der Waals surface area contributed by atoms with Crippen molar-refractivity contribution in [2.75, 3.05) is 26.2 Å². The zero-order valence-corrected chi connectivity index (χ0v) is 13.0. The largest absolute Gasteiger partial charge is 0.373 e. The van der Waals surface area contributed by atoms with E-state index in [9.17, 15) is 4.79 Å². The topological polar surface area (TPSA) is 32.8 Å². The summed E-state index contributed by atoms with van der Waals surface area (Å²) < 4.78 is 5.72. The molecule has 19 heavy (non-hydrogen) atoms. The van der Waals surface area contributed by atoms with E-state index >= 15 is 0 Å². The van der Waals surface area contributed by atoms with Crippen LogP contribution in [0, 0.1) is 0 Å². The molecule has 3 unspecified atom stereocenters. The molecule has 0 saturated carbocycles. The number of morpholine rings is 1. The van der Waals surface area contributed by atoms with Gasteiger partial charge in [0.1, 0.15) is 0 Å². The predicted molar refractivity (Wildman–Crippen MR) is 78.1 cm³/mol. The molecule has 110 valence electrons. The molecule has 1 amide bonds. The highest BCUT2D eigenvalue weighted by Gasteiger charge is 2.31. The molecule has 4 heteroatoms. The van der Waals surface area contributed by atoms with Gasteiger partial charge in [-0.15, -0.1) is 0 Å². The van der Waals surface area contributed by atoms with E-state index in [1.165, 1.54) is 0 Å². The number of rotatable bonds is 5. The molecule has 1 aliphatic rings. The minimum absolute atomic E-state index is 0.0897. The number of hydrogen-bond donors (Lipinski definition) is 0. The van der Waals surface area contributed by atoms with E-state index in [1.54, 1.807) is 0 Å². The molecule has 1 heterocycles. The minimum atomic E-state index is -0.0897. The third kappa shape index (κ3) is 4.62. The van der Waals surface area contributed by atoms with Gasteiger partial charge in [-0.3, -0.25) is 9.69 Å². The standard InChI is InChI=1S/C15H28N2O2/c1-7-16(8-11(2)3)15(18)14(6)17-9-12(4)19-13(5)10-17/h12-14H,2,7-10H2,1,3-6H3. The van der Waals surface area contributed by atoms with Crippen molar-refractivity contribution in [2.45, 2.75) is 52.9 Å². The number of ether oxygens (including phenoxy) is 1. The van der Waals surface area contributed by atoms with Crippen LogP contribution < -0.4 is 0 Å². The number of carbonyl (C=O) groups excluding carboxylic acids is 1. The Morgan fingerprint density at radius 1 is 1.42 bits per heavy atom. The number of nitrogens with zero attached hydrogens (tertiary/aromatic N) is 2.